The Morgan fingerprint density at radius 2 is 1.38 bits per heavy atom. The second-order valence-electron chi connectivity index (χ2n) is 6.65. The molecule has 0 aliphatic rings. The molecule has 5 nitrogen and oxygen atoms in total. The van der Waals surface area contributed by atoms with Crippen LogP contribution >= 0.6 is 0 Å². The van der Waals surface area contributed by atoms with Crippen molar-refractivity contribution in [2.24, 2.45) is 10.2 Å². The highest BCUT2D eigenvalue weighted by Crippen LogP contribution is 2.27. The van der Waals surface area contributed by atoms with E-state index >= 15 is 0 Å². The maximum Gasteiger partial charge on any atom is 0.178 e. The quantitative estimate of drug-likeness (QED) is 0.409. The van der Waals surface area contributed by atoms with Crippen LogP contribution in [-0.4, -0.2) is 15.1 Å². The number of aromatic hydroxyl groups is 1. The van der Waals surface area contributed by atoms with Gasteiger partial charge in [-0.3, -0.25) is 0 Å². The summed E-state index contributed by atoms with van der Waals surface area (Å²) < 4.78 is 0. The second kappa shape index (κ2) is 8.44. The lowest BCUT2D eigenvalue weighted by molar-refractivity contribution is 0.475. The molecule has 0 aliphatic heterocycles. The lowest BCUT2D eigenvalue weighted by Crippen LogP contribution is -1.93. The average Bonchev–Trinajstić information content (AvgIpc) is 2.79. The van der Waals surface area contributed by atoms with Crippen molar-refractivity contribution in [1.29, 1.82) is 0 Å². The average molecular weight is 380 g/mol. The van der Waals surface area contributed by atoms with E-state index in [1.165, 1.54) is 0 Å². The molecule has 0 amide bonds. The van der Waals surface area contributed by atoms with Gasteiger partial charge in [0.2, 0.25) is 0 Å². The van der Waals surface area contributed by atoms with Crippen LogP contribution in [0.2, 0.25) is 0 Å². The summed E-state index contributed by atoms with van der Waals surface area (Å²) in [6.45, 7) is 1.95. The minimum Gasteiger partial charge on any atom is -0.508 e. The van der Waals surface area contributed by atoms with Crippen LogP contribution in [0.4, 0.5) is 5.82 Å². The molecule has 3 aromatic carbocycles. The van der Waals surface area contributed by atoms with Crippen LogP contribution in [0, 0.1) is 0 Å². The molecule has 0 radical (unpaired) electrons. The van der Waals surface area contributed by atoms with E-state index < -0.39 is 0 Å². The van der Waals surface area contributed by atoms with Crippen LogP contribution in [0.15, 0.2) is 101 Å². The molecule has 0 saturated heterocycles. The maximum atomic E-state index is 9.45. The van der Waals surface area contributed by atoms with E-state index in [9.17, 15) is 5.11 Å². The molecule has 4 rings (SSSR count). The zero-order valence-electron chi connectivity index (χ0n) is 16.0. The SMILES string of the molecule is CC(N=Nc1cc(-c2ccccc2)nc(-c2ccccc2)n1)c1ccc(O)cc1. The topological polar surface area (TPSA) is 70.7 Å². The van der Waals surface area contributed by atoms with Gasteiger partial charge >= 0.3 is 0 Å². The summed E-state index contributed by atoms with van der Waals surface area (Å²) in [7, 11) is 0. The van der Waals surface area contributed by atoms with E-state index in [1.807, 2.05) is 85.8 Å². The number of aromatic nitrogens is 2. The van der Waals surface area contributed by atoms with Gasteiger partial charge in [-0.25, -0.2) is 9.97 Å². The summed E-state index contributed by atoms with van der Waals surface area (Å²) in [5.41, 5.74) is 3.68. The first-order valence-electron chi connectivity index (χ1n) is 9.39. The number of nitrogens with zero attached hydrogens (tertiary/aromatic N) is 4. The van der Waals surface area contributed by atoms with E-state index in [0.29, 0.717) is 11.6 Å². The Kier molecular flexibility index (Phi) is 5.38. The van der Waals surface area contributed by atoms with Crippen molar-refractivity contribution in [2.75, 3.05) is 0 Å². The molecule has 1 heterocycles. The second-order valence-corrected chi connectivity index (χ2v) is 6.65. The van der Waals surface area contributed by atoms with Crippen molar-refractivity contribution < 1.29 is 5.11 Å². The third kappa shape index (κ3) is 4.52. The largest absolute Gasteiger partial charge is 0.508 e. The lowest BCUT2D eigenvalue weighted by atomic mass is 10.1. The van der Waals surface area contributed by atoms with E-state index in [2.05, 4.69) is 15.2 Å². The Balaban J connectivity index is 1.71. The molecular weight excluding hydrogens is 360 g/mol. The fourth-order valence-electron chi connectivity index (χ4n) is 2.92. The van der Waals surface area contributed by atoms with Gasteiger partial charge in [-0.15, -0.1) is 5.11 Å². The van der Waals surface area contributed by atoms with Gasteiger partial charge in [0.15, 0.2) is 11.6 Å². The Morgan fingerprint density at radius 3 is 2.03 bits per heavy atom. The monoisotopic (exact) mass is 380 g/mol. The molecule has 1 aromatic heterocycles. The molecule has 0 saturated carbocycles. The Hall–Kier alpha value is -3.86. The van der Waals surface area contributed by atoms with Gasteiger partial charge in [-0.1, -0.05) is 72.8 Å². The molecule has 0 spiro atoms. The molecule has 0 aliphatic carbocycles. The number of phenols is 1. The van der Waals surface area contributed by atoms with Crippen molar-refractivity contribution in [3.05, 3.63) is 96.6 Å². The number of phenolic OH excluding ortho intramolecular Hbond substituents is 1. The summed E-state index contributed by atoms with van der Waals surface area (Å²) in [5.74, 6) is 1.34. The van der Waals surface area contributed by atoms with Gasteiger partial charge in [-0.2, -0.15) is 5.11 Å². The first kappa shape index (κ1) is 18.5. The van der Waals surface area contributed by atoms with Crippen molar-refractivity contribution in [3.63, 3.8) is 0 Å². The standard InChI is InChI=1S/C24H20N4O/c1-17(18-12-14-21(29)15-13-18)27-28-23-16-22(19-8-4-2-5-9-19)25-24(26-23)20-10-6-3-7-11-20/h2-17,29H,1H3. The van der Waals surface area contributed by atoms with Crippen LogP contribution in [0.25, 0.3) is 22.6 Å². The fraction of sp³-hybridized carbons (Fsp3) is 0.0833. The molecule has 1 atom stereocenters. The predicted octanol–water partition coefficient (Wildman–Crippen LogP) is 6.36. The zero-order chi connectivity index (χ0) is 20.1. The summed E-state index contributed by atoms with van der Waals surface area (Å²) in [6, 6.07) is 28.4. The minimum atomic E-state index is -0.161. The van der Waals surface area contributed by atoms with E-state index in [-0.39, 0.29) is 11.8 Å². The van der Waals surface area contributed by atoms with Crippen LogP contribution in [0.3, 0.4) is 0 Å². The zero-order valence-corrected chi connectivity index (χ0v) is 16.0. The van der Waals surface area contributed by atoms with Gasteiger partial charge in [0.25, 0.3) is 0 Å². The van der Waals surface area contributed by atoms with Gasteiger partial charge in [0.05, 0.1) is 11.7 Å². The van der Waals surface area contributed by atoms with Crippen LogP contribution < -0.4 is 0 Å². The van der Waals surface area contributed by atoms with Crippen LogP contribution in [0.5, 0.6) is 5.75 Å². The number of benzene rings is 3. The van der Waals surface area contributed by atoms with Gasteiger partial charge in [0.1, 0.15) is 5.75 Å². The molecule has 142 valence electrons. The van der Waals surface area contributed by atoms with Crippen molar-refractivity contribution in [1.82, 2.24) is 9.97 Å². The van der Waals surface area contributed by atoms with Crippen molar-refractivity contribution in [3.8, 4) is 28.4 Å². The molecule has 29 heavy (non-hydrogen) atoms. The Bertz CT molecular complexity index is 1050. The summed E-state index contributed by atoms with van der Waals surface area (Å²) in [6.07, 6.45) is 0. The highest BCUT2D eigenvalue weighted by Gasteiger charge is 2.09. The molecule has 0 fully saturated rings. The molecule has 0 bridgehead atoms. The minimum absolute atomic E-state index is 0.161. The van der Waals surface area contributed by atoms with E-state index in [4.69, 9.17) is 4.98 Å². The van der Waals surface area contributed by atoms with Gasteiger partial charge in [-0.05, 0) is 24.6 Å². The highest BCUT2D eigenvalue weighted by atomic mass is 16.3. The Morgan fingerprint density at radius 1 is 0.759 bits per heavy atom. The summed E-state index contributed by atoms with van der Waals surface area (Å²) in [4.78, 5) is 9.33. The first-order chi connectivity index (χ1) is 14.2. The predicted molar refractivity (Wildman–Crippen MR) is 114 cm³/mol. The van der Waals surface area contributed by atoms with Crippen LogP contribution in [0.1, 0.15) is 18.5 Å². The molecule has 1 N–H and O–H groups in total. The van der Waals surface area contributed by atoms with E-state index in [1.54, 1.807) is 12.1 Å². The molecule has 1 unspecified atom stereocenters. The number of azo groups is 1. The fourth-order valence-corrected chi connectivity index (χ4v) is 2.92. The maximum absolute atomic E-state index is 9.45. The summed E-state index contributed by atoms with van der Waals surface area (Å²) in [5, 5.41) is 18.3. The van der Waals surface area contributed by atoms with E-state index in [0.717, 1.165) is 22.4 Å². The number of hydrogen-bond donors (Lipinski definition) is 1. The van der Waals surface area contributed by atoms with Gasteiger partial charge < -0.3 is 5.11 Å². The number of hydrogen-bond acceptors (Lipinski definition) is 5. The summed E-state index contributed by atoms with van der Waals surface area (Å²) >= 11 is 0. The smallest absolute Gasteiger partial charge is 0.178 e. The number of rotatable bonds is 5. The normalized spacial score (nSPS) is 12.2. The molecular formula is C24H20N4O. The highest BCUT2D eigenvalue weighted by molar-refractivity contribution is 5.66. The third-order valence-electron chi connectivity index (χ3n) is 4.52. The van der Waals surface area contributed by atoms with Crippen molar-refractivity contribution in [2.45, 2.75) is 13.0 Å². The van der Waals surface area contributed by atoms with Crippen molar-refractivity contribution >= 4 is 5.82 Å². The molecule has 5 heteroatoms. The Labute approximate surface area is 169 Å². The van der Waals surface area contributed by atoms with Gasteiger partial charge in [0, 0.05) is 17.2 Å². The lowest BCUT2D eigenvalue weighted by Gasteiger charge is -2.07. The third-order valence-corrected chi connectivity index (χ3v) is 4.52. The van der Waals surface area contributed by atoms with Crippen LogP contribution in [-0.2, 0) is 0 Å². The molecule has 4 aromatic rings. The first-order valence-corrected chi connectivity index (χ1v) is 9.39.